The van der Waals surface area contributed by atoms with E-state index in [1.807, 2.05) is 20.8 Å². The third-order valence-corrected chi connectivity index (χ3v) is 2.02. The van der Waals surface area contributed by atoms with Gasteiger partial charge in [-0.05, 0) is 20.8 Å². The fraction of sp³-hybridized carbons (Fsp3) is 0.700. The maximum atomic E-state index is 11.5. The maximum absolute atomic E-state index is 11.5. The first kappa shape index (κ1) is 16.9. The molecular weight excluding hydrogens is 351 g/mol. The number of alkyl halides is 1. The molecule has 8 heteroatoms. The predicted octanol–water partition coefficient (Wildman–Crippen LogP) is 1.23. The van der Waals surface area contributed by atoms with Crippen LogP contribution >= 0.6 is 22.6 Å². The molecule has 0 aliphatic heterocycles. The second-order valence-corrected chi connectivity index (χ2v) is 5.45. The number of amidine groups is 1. The molecule has 0 saturated heterocycles. The number of carbonyl (C=O) groups excluding carboxylic acids is 2. The van der Waals surface area contributed by atoms with Crippen LogP contribution in [0.15, 0.2) is 4.99 Å². The molecule has 3 N–H and O–H groups in total. The highest BCUT2D eigenvalue weighted by atomic mass is 127. The van der Waals surface area contributed by atoms with Gasteiger partial charge in [0.05, 0.1) is 7.11 Å². The molecule has 0 atom stereocenters. The number of nitrogens with zero attached hydrogens (tertiary/aromatic N) is 1. The van der Waals surface area contributed by atoms with Crippen LogP contribution in [0.2, 0.25) is 0 Å². The van der Waals surface area contributed by atoms with Crippen LogP contribution in [0, 0.1) is 0 Å². The molecule has 7 nitrogen and oxygen atoms in total. The Kier molecular flexibility index (Phi) is 7.64. The van der Waals surface area contributed by atoms with Crippen molar-refractivity contribution in [3.05, 3.63) is 0 Å². The van der Waals surface area contributed by atoms with E-state index < -0.39 is 17.6 Å². The molecule has 0 aromatic rings. The summed E-state index contributed by atoms with van der Waals surface area (Å²) in [6, 6.07) is -1.19. The summed E-state index contributed by atoms with van der Waals surface area (Å²) in [5.74, 6) is 0. The van der Waals surface area contributed by atoms with Crippen LogP contribution in [0.1, 0.15) is 20.8 Å². The zero-order chi connectivity index (χ0) is 14.2. The van der Waals surface area contributed by atoms with Crippen LogP contribution in [0.3, 0.4) is 0 Å². The summed E-state index contributed by atoms with van der Waals surface area (Å²) >= 11 is 2.13. The number of ether oxygens (including phenoxy) is 1. The van der Waals surface area contributed by atoms with Gasteiger partial charge >= 0.3 is 18.1 Å². The van der Waals surface area contributed by atoms with Crippen LogP contribution in [0.5, 0.6) is 0 Å². The zero-order valence-electron chi connectivity index (χ0n) is 11.0. The molecule has 0 aliphatic rings. The first-order valence-electron chi connectivity index (χ1n) is 5.34. The Bertz CT molecular complexity index is 326. The second-order valence-electron chi connectivity index (χ2n) is 4.37. The minimum Gasteiger partial charge on any atom is -0.468 e. The Morgan fingerprint density at radius 2 is 1.94 bits per heavy atom. The molecule has 0 saturated carbocycles. The van der Waals surface area contributed by atoms with E-state index in [9.17, 15) is 9.59 Å². The summed E-state index contributed by atoms with van der Waals surface area (Å²) in [5.41, 5.74) is -0.400. The molecule has 18 heavy (non-hydrogen) atoms. The molecule has 0 spiro atoms. The number of nitrogens with one attached hydrogen (secondary N) is 3. The molecule has 0 radical (unpaired) electrons. The molecule has 4 amide bonds. The van der Waals surface area contributed by atoms with Crippen molar-refractivity contribution in [2.24, 2.45) is 4.99 Å². The number of carbonyl (C=O) groups is 2. The van der Waals surface area contributed by atoms with Gasteiger partial charge < -0.3 is 15.4 Å². The lowest BCUT2D eigenvalue weighted by Gasteiger charge is -2.18. The summed E-state index contributed by atoms with van der Waals surface area (Å²) in [4.78, 5) is 26.4. The lowest BCUT2D eigenvalue weighted by molar-refractivity contribution is 0.238. The first-order chi connectivity index (χ1) is 8.28. The lowest BCUT2D eigenvalue weighted by Crippen LogP contribution is -2.43. The number of methoxy groups -OCH3 is 1. The average molecular weight is 370 g/mol. The van der Waals surface area contributed by atoms with E-state index in [-0.39, 0.29) is 6.02 Å². The van der Waals surface area contributed by atoms with Gasteiger partial charge in [-0.2, -0.15) is 0 Å². The standard InChI is InChI=1S/C10H19IN4O3/c1-10(2,3)15-8(17)14-9(18-4)13-7(16)12-6-5-11/h5-6H2,1-4H3,(H3,12,13,14,15,16,17). The Labute approximate surface area is 120 Å². The van der Waals surface area contributed by atoms with Crippen molar-refractivity contribution in [1.29, 1.82) is 0 Å². The highest BCUT2D eigenvalue weighted by molar-refractivity contribution is 14.1. The quantitative estimate of drug-likeness (QED) is 0.296. The summed E-state index contributed by atoms with van der Waals surface area (Å²) < 4.78 is 5.59. The Balaban J connectivity index is 4.39. The van der Waals surface area contributed by atoms with Crippen molar-refractivity contribution in [3.63, 3.8) is 0 Å². The van der Waals surface area contributed by atoms with E-state index in [1.54, 1.807) is 0 Å². The highest BCUT2D eigenvalue weighted by Crippen LogP contribution is 1.98. The van der Waals surface area contributed by atoms with Gasteiger partial charge in [-0.25, -0.2) is 9.59 Å². The molecule has 0 unspecified atom stereocenters. The number of hydrogen-bond acceptors (Lipinski definition) is 3. The number of hydrogen-bond donors (Lipinski definition) is 3. The van der Waals surface area contributed by atoms with E-state index in [4.69, 9.17) is 4.74 Å². The normalized spacial score (nSPS) is 11.7. The van der Waals surface area contributed by atoms with Crippen molar-refractivity contribution >= 4 is 40.7 Å². The number of halogens is 1. The lowest BCUT2D eigenvalue weighted by atomic mass is 10.1. The maximum Gasteiger partial charge on any atom is 0.345 e. The van der Waals surface area contributed by atoms with Crippen molar-refractivity contribution in [1.82, 2.24) is 16.0 Å². The van der Waals surface area contributed by atoms with E-state index in [0.717, 1.165) is 4.43 Å². The first-order valence-corrected chi connectivity index (χ1v) is 6.86. The van der Waals surface area contributed by atoms with Gasteiger partial charge in [0.15, 0.2) is 0 Å². The van der Waals surface area contributed by atoms with E-state index >= 15 is 0 Å². The van der Waals surface area contributed by atoms with Gasteiger partial charge in [0.2, 0.25) is 0 Å². The van der Waals surface area contributed by atoms with Gasteiger partial charge in [-0.1, -0.05) is 22.6 Å². The molecule has 0 aliphatic carbocycles. The molecule has 0 aromatic carbocycles. The topological polar surface area (TPSA) is 91.8 Å². The van der Waals surface area contributed by atoms with Crippen LogP contribution in [-0.2, 0) is 4.74 Å². The van der Waals surface area contributed by atoms with Crippen LogP contribution in [-0.4, -0.2) is 41.7 Å². The van der Waals surface area contributed by atoms with Crippen LogP contribution in [0.25, 0.3) is 0 Å². The summed E-state index contributed by atoms with van der Waals surface area (Å²) in [6.45, 7) is 6.01. The van der Waals surface area contributed by atoms with Gasteiger partial charge in [0.25, 0.3) is 0 Å². The summed E-state index contributed by atoms with van der Waals surface area (Å²) in [6.07, 6.45) is 0. The molecule has 0 fully saturated rings. The van der Waals surface area contributed by atoms with E-state index in [2.05, 4.69) is 43.5 Å². The molecule has 0 heterocycles. The van der Waals surface area contributed by atoms with Crippen molar-refractivity contribution in [2.75, 3.05) is 18.1 Å². The minimum atomic E-state index is -0.575. The molecule has 0 rings (SSSR count). The van der Waals surface area contributed by atoms with Crippen molar-refractivity contribution in [2.45, 2.75) is 26.3 Å². The molecular formula is C10H19IN4O3. The Morgan fingerprint density at radius 3 is 2.39 bits per heavy atom. The van der Waals surface area contributed by atoms with Gasteiger partial charge in [0, 0.05) is 16.5 Å². The fourth-order valence-electron chi connectivity index (χ4n) is 0.868. The number of aliphatic imine (C=N–C) groups is 1. The van der Waals surface area contributed by atoms with E-state index in [1.165, 1.54) is 7.11 Å². The van der Waals surface area contributed by atoms with E-state index in [0.29, 0.717) is 6.54 Å². The largest absolute Gasteiger partial charge is 0.468 e. The number of urea groups is 2. The average Bonchev–Trinajstić information content (AvgIpc) is 2.22. The molecule has 0 aromatic heterocycles. The third-order valence-electron chi connectivity index (χ3n) is 1.48. The minimum absolute atomic E-state index is 0.150. The summed E-state index contributed by atoms with van der Waals surface area (Å²) in [7, 11) is 1.32. The van der Waals surface area contributed by atoms with Gasteiger partial charge in [0.1, 0.15) is 0 Å². The zero-order valence-corrected chi connectivity index (χ0v) is 13.1. The third kappa shape index (κ3) is 9.02. The van der Waals surface area contributed by atoms with Crippen LogP contribution < -0.4 is 16.0 Å². The van der Waals surface area contributed by atoms with Crippen molar-refractivity contribution in [3.8, 4) is 0 Å². The Morgan fingerprint density at radius 1 is 1.33 bits per heavy atom. The highest BCUT2D eigenvalue weighted by Gasteiger charge is 2.14. The molecule has 104 valence electrons. The smallest absolute Gasteiger partial charge is 0.345 e. The summed E-state index contributed by atoms with van der Waals surface area (Å²) in [5, 5.41) is 7.52. The Hall–Kier alpha value is -1.06. The molecule has 0 bridgehead atoms. The number of rotatable bonds is 2. The fourth-order valence-corrected chi connectivity index (χ4v) is 1.14. The number of amides is 4. The monoisotopic (exact) mass is 370 g/mol. The van der Waals surface area contributed by atoms with Crippen LogP contribution in [0.4, 0.5) is 9.59 Å². The van der Waals surface area contributed by atoms with Gasteiger partial charge in [-0.3, -0.25) is 5.32 Å². The van der Waals surface area contributed by atoms with Crippen molar-refractivity contribution < 1.29 is 14.3 Å². The predicted molar refractivity (Wildman–Crippen MR) is 78.2 cm³/mol. The second kappa shape index (κ2) is 8.11. The SMILES string of the molecule is COC(=NC(=O)NC(C)(C)C)NC(=O)NCCI. The van der Waals surface area contributed by atoms with Gasteiger partial charge in [-0.15, -0.1) is 4.99 Å².